The smallest absolute Gasteiger partial charge is 0.470 e. The molecule has 0 aliphatic carbocycles. The summed E-state index contributed by atoms with van der Waals surface area (Å²) in [6, 6.07) is 32.0. The summed E-state index contributed by atoms with van der Waals surface area (Å²) >= 11 is 0. The number of phosphoric acid groups is 3. The highest BCUT2D eigenvalue weighted by Gasteiger charge is 2.27. The van der Waals surface area contributed by atoms with E-state index in [1.54, 1.807) is 114 Å². The molecular formula is C72H85N12O25P3. The lowest BCUT2D eigenvalue weighted by Gasteiger charge is -2.22. The van der Waals surface area contributed by atoms with Crippen molar-refractivity contribution in [2.45, 2.75) is 99.9 Å². The Labute approximate surface area is 641 Å². The van der Waals surface area contributed by atoms with Crippen LogP contribution in [0.2, 0.25) is 0 Å². The molecule has 0 radical (unpaired) electrons. The molecule has 5 amide bonds. The molecule has 40 heteroatoms. The highest BCUT2D eigenvalue weighted by atomic mass is 31.2. The summed E-state index contributed by atoms with van der Waals surface area (Å²) in [6.07, 6.45) is 1.20. The topological polar surface area (TPSA) is 520 Å². The molecule has 0 aliphatic rings. The van der Waals surface area contributed by atoms with Crippen LogP contribution in [0.3, 0.4) is 0 Å². The summed E-state index contributed by atoms with van der Waals surface area (Å²) < 4.78 is 73.4. The average molecular weight is 1610 g/mol. The first kappa shape index (κ1) is 88.0. The number of hydrogen-bond donors (Lipinski definition) is 9. The molecule has 0 bridgehead atoms. The second-order valence-corrected chi connectivity index (χ2v) is 28.9. The Morgan fingerprint density at radius 3 is 1.21 bits per heavy atom. The molecule has 5 aromatic heterocycles. The first-order chi connectivity index (χ1) is 53.0. The number of benzene rings is 4. The Kier molecular flexibility index (Phi) is 32.7. The number of para-hydroxylation sites is 6. The lowest BCUT2D eigenvalue weighted by Crippen LogP contribution is -2.39. The number of hydrogen-bond acceptors (Lipinski definition) is 26. The summed E-state index contributed by atoms with van der Waals surface area (Å²) in [7, 11) is -11.2. The SMILES string of the molecule is CC(C)C(=O)NCCCC(=O)c1nc2ccccc2nc1OC(=O)N(C)CCN(C)C(=O)OCc1ccc(OP(=O)(O)O)cc1.CC(C)C(=O)NCCCC(=O)c1nc2ccccc2nc1OCc1ccc(OP(=O)(O)O)cn1.CC(C)C(=O)NCCCC(=O)c1nc2ccccc2nc1OCc1ccc(OP(=O)(O)O)o1. The van der Waals surface area contributed by atoms with E-state index >= 15 is 0 Å². The van der Waals surface area contributed by atoms with Crippen LogP contribution in [0.5, 0.6) is 35.1 Å². The molecule has 0 aliphatic heterocycles. The van der Waals surface area contributed by atoms with Crippen molar-refractivity contribution in [3.05, 3.63) is 162 Å². The number of carbonyl (C=O) groups excluding carboxylic acids is 8. The Balaban J connectivity index is 0.000000237. The number of ketones is 3. The normalized spacial score (nSPS) is 11.4. The number of furan rings is 1. The highest BCUT2D eigenvalue weighted by molar-refractivity contribution is 7.47. The molecule has 9 rings (SSSR count). The third kappa shape index (κ3) is 29.5. The van der Waals surface area contributed by atoms with Crippen molar-refractivity contribution < 1.29 is 118 Å². The second kappa shape index (κ2) is 41.7. The molecule has 0 spiro atoms. The van der Waals surface area contributed by atoms with Gasteiger partial charge in [-0.15, -0.1) is 0 Å². The van der Waals surface area contributed by atoms with Gasteiger partial charge in [0.25, 0.3) is 11.8 Å². The lowest BCUT2D eigenvalue weighted by molar-refractivity contribution is -0.124. The second-order valence-electron chi connectivity index (χ2n) is 25.5. The van der Waals surface area contributed by atoms with E-state index in [1.807, 2.05) is 0 Å². The standard InChI is InChI=1S/C29H36N5O10P.C22H25N4O7P.C21H24N3O8P/c1-19(2)26(36)30-15-7-10-24(35)25-27(32-23-9-6-5-8-22(23)31-25)43-29(38)34(4)17-16-33(3)28(37)42-18-20-11-13-21(14-12-20)44-45(39,40)41;1-14(2)21(28)23-11-5-8-19(27)20-22(26-18-7-4-3-6-17(18)25-20)32-13-15-9-10-16(12-24-15)33-34(29,30)31;1-13(2)20(26)22-11-5-8-17(25)19-21(24-16-7-4-3-6-15(16)23-19)30-12-14-9-10-18(31-14)32-33(27,28)29/h5-6,8-9,11-14,19H,7,10,15-18H2,1-4H3,(H,30,36)(H2,39,40,41);3-4,6-7,9-10,12,14H,5,8,11,13H2,1-2H3,(H,23,28)(H2,29,30,31);3-4,6-7,9-10,13H,5,8,11-12H2,1-2H3,(H,22,26)(H2,27,28,29). The van der Waals surface area contributed by atoms with Crippen LogP contribution >= 0.6 is 23.5 Å². The van der Waals surface area contributed by atoms with Crippen LogP contribution in [0.4, 0.5) is 9.59 Å². The van der Waals surface area contributed by atoms with E-state index in [9.17, 15) is 52.1 Å². The number of fused-ring (bicyclic) bond motifs is 3. The first-order valence-electron chi connectivity index (χ1n) is 34.7. The van der Waals surface area contributed by atoms with Gasteiger partial charge in [0.15, 0.2) is 34.4 Å². The van der Waals surface area contributed by atoms with Gasteiger partial charge in [0.1, 0.15) is 37.1 Å². The molecule has 598 valence electrons. The van der Waals surface area contributed by atoms with Gasteiger partial charge in [0.2, 0.25) is 29.5 Å². The highest BCUT2D eigenvalue weighted by Crippen LogP contribution is 2.40. The van der Waals surface area contributed by atoms with Crippen LogP contribution in [0.25, 0.3) is 33.1 Å². The van der Waals surface area contributed by atoms with E-state index in [-0.39, 0.29) is 157 Å². The van der Waals surface area contributed by atoms with Crippen LogP contribution in [0.1, 0.15) is 129 Å². The zero-order valence-corrected chi connectivity index (χ0v) is 64.7. The summed E-state index contributed by atoms with van der Waals surface area (Å²) in [4.78, 5) is 185. The third-order valence-electron chi connectivity index (χ3n) is 15.3. The van der Waals surface area contributed by atoms with Gasteiger partial charge in [-0.3, -0.25) is 63.1 Å². The maximum Gasteiger partial charge on any atom is 0.527 e. The van der Waals surface area contributed by atoms with E-state index < -0.39 is 41.4 Å². The fourth-order valence-electron chi connectivity index (χ4n) is 9.37. The molecule has 0 saturated heterocycles. The minimum Gasteiger partial charge on any atom is -0.470 e. The van der Waals surface area contributed by atoms with Crippen molar-refractivity contribution in [1.82, 2.24) is 60.6 Å². The van der Waals surface area contributed by atoms with Gasteiger partial charge in [-0.1, -0.05) is 90.1 Å². The maximum absolute atomic E-state index is 13.0. The van der Waals surface area contributed by atoms with Gasteiger partial charge < -0.3 is 62.7 Å². The Morgan fingerprint density at radius 2 is 0.812 bits per heavy atom. The van der Waals surface area contributed by atoms with Crippen LogP contribution in [0.15, 0.2) is 132 Å². The number of Topliss-reactive ketones (excluding diaryl/α,β-unsaturated/α-hetero) is 3. The van der Waals surface area contributed by atoms with E-state index in [0.717, 1.165) is 6.20 Å². The van der Waals surface area contributed by atoms with Crippen LogP contribution in [-0.4, -0.2) is 168 Å². The maximum atomic E-state index is 13.0. The molecule has 0 fully saturated rings. The minimum absolute atomic E-state index is 0.00114. The van der Waals surface area contributed by atoms with E-state index in [2.05, 4.69) is 64.4 Å². The third-order valence-corrected chi connectivity index (χ3v) is 16.6. The molecule has 112 heavy (non-hydrogen) atoms. The van der Waals surface area contributed by atoms with Gasteiger partial charge in [-0.25, -0.2) is 53.2 Å². The van der Waals surface area contributed by atoms with Crippen molar-refractivity contribution in [2.24, 2.45) is 17.8 Å². The van der Waals surface area contributed by atoms with Gasteiger partial charge in [0.05, 0.1) is 45.0 Å². The van der Waals surface area contributed by atoms with Crippen LogP contribution < -0.4 is 43.7 Å². The zero-order chi connectivity index (χ0) is 81.9. The number of likely N-dealkylation sites (N-methyl/N-ethyl adjacent to an activating group) is 2. The fourth-order valence-corrected chi connectivity index (χ4v) is 10.5. The zero-order valence-electron chi connectivity index (χ0n) is 62.1. The van der Waals surface area contributed by atoms with Crippen molar-refractivity contribution in [2.75, 3.05) is 46.8 Å². The van der Waals surface area contributed by atoms with E-state index in [4.69, 9.17) is 52.7 Å². The molecule has 0 unspecified atom stereocenters. The molecule has 9 N–H and O–H groups in total. The number of phosphoric ester groups is 3. The summed E-state index contributed by atoms with van der Waals surface area (Å²) in [5.41, 5.74) is 4.02. The summed E-state index contributed by atoms with van der Waals surface area (Å²) in [5.74, 6) is -2.20. The van der Waals surface area contributed by atoms with Crippen LogP contribution in [-0.2, 0) is 52.6 Å². The number of carbonyl (C=O) groups is 8. The predicted octanol–water partition coefficient (Wildman–Crippen LogP) is 9.35. The van der Waals surface area contributed by atoms with E-state index in [1.165, 1.54) is 72.4 Å². The van der Waals surface area contributed by atoms with Gasteiger partial charge in [0, 0.05) is 89.9 Å². The molecule has 5 heterocycles. The molecule has 9 aromatic rings. The van der Waals surface area contributed by atoms with Gasteiger partial charge in [-0.05, 0) is 91.6 Å². The summed E-state index contributed by atoms with van der Waals surface area (Å²) in [5, 5.41) is 8.28. The first-order valence-corrected chi connectivity index (χ1v) is 39.2. The monoisotopic (exact) mass is 1610 g/mol. The van der Waals surface area contributed by atoms with Crippen molar-refractivity contribution >= 4 is 104 Å². The number of nitrogens with one attached hydrogen (secondary N) is 3. The number of amides is 5. The predicted molar refractivity (Wildman–Crippen MR) is 400 cm³/mol. The number of nitrogens with zero attached hydrogens (tertiary/aromatic N) is 9. The number of aromatic nitrogens is 7. The Hall–Kier alpha value is -11.3. The van der Waals surface area contributed by atoms with E-state index in [0.29, 0.717) is 83.3 Å². The molecule has 0 atom stereocenters. The molecule has 4 aromatic carbocycles. The largest absolute Gasteiger partial charge is 0.527 e. The summed E-state index contributed by atoms with van der Waals surface area (Å²) in [6.45, 7) is 11.5. The number of rotatable bonds is 36. The molecule has 37 nitrogen and oxygen atoms in total. The van der Waals surface area contributed by atoms with Gasteiger partial charge in [-0.2, -0.15) is 0 Å². The quantitative estimate of drug-likeness (QED) is 0.0100. The fraction of sp³-hybridized carbons (Fsp3) is 0.347. The molecular weight excluding hydrogens is 1530 g/mol. The molecule has 0 saturated carbocycles. The average Bonchev–Trinajstić information content (AvgIpc) is 0.829. The van der Waals surface area contributed by atoms with Crippen LogP contribution in [0, 0.1) is 17.8 Å². The minimum atomic E-state index is -4.75. The van der Waals surface area contributed by atoms with Crippen molar-refractivity contribution in [3.63, 3.8) is 0 Å². The Morgan fingerprint density at radius 1 is 0.438 bits per heavy atom. The Bertz CT molecular complexity index is 4920. The number of ether oxygens (including phenoxy) is 4. The van der Waals surface area contributed by atoms with Gasteiger partial charge >= 0.3 is 35.7 Å². The number of pyridine rings is 1. The lowest BCUT2D eigenvalue weighted by atomic mass is 10.1. The van der Waals surface area contributed by atoms with Crippen molar-refractivity contribution in [1.29, 1.82) is 0 Å². The van der Waals surface area contributed by atoms with Crippen molar-refractivity contribution in [3.8, 4) is 35.1 Å².